The maximum Gasteiger partial charge on any atom is 0.233 e. The third-order valence-electron chi connectivity index (χ3n) is 3.71. The molecule has 0 saturated heterocycles. The molecule has 0 aromatic carbocycles. The molecule has 8 heteroatoms. The van der Waals surface area contributed by atoms with Crippen LogP contribution in [0.2, 0.25) is 0 Å². The van der Waals surface area contributed by atoms with Gasteiger partial charge in [0.05, 0.1) is 18.6 Å². The van der Waals surface area contributed by atoms with Crippen molar-refractivity contribution in [3.8, 4) is 11.6 Å². The van der Waals surface area contributed by atoms with Gasteiger partial charge in [-0.2, -0.15) is 0 Å². The second-order valence-corrected chi connectivity index (χ2v) is 6.52. The number of furan rings is 2. The van der Waals surface area contributed by atoms with Crippen molar-refractivity contribution < 1.29 is 13.6 Å². The zero-order valence-electron chi connectivity index (χ0n) is 14.4. The SMILES string of the molecule is CCn1c(SCC(=O)N(C)Cc2ccc(C)o2)nnc1-c1ccco1. The van der Waals surface area contributed by atoms with Gasteiger partial charge in [-0.1, -0.05) is 11.8 Å². The summed E-state index contributed by atoms with van der Waals surface area (Å²) in [5, 5.41) is 9.07. The second-order valence-electron chi connectivity index (χ2n) is 5.58. The number of carbonyl (C=O) groups is 1. The molecule has 3 rings (SSSR count). The first kappa shape index (κ1) is 17.3. The maximum atomic E-state index is 12.4. The van der Waals surface area contributed by atoms with E-state index in [9.17, 15) is 4.79 Å². The molecule has 1 amide bonds. The molecule has 0 atom stereocenters. The largest absolute Gasteiger partial charge is 0.464 e. The van der Waals surface area contributed by atoms with Gasteiger partial charge in [-0.3, -0.25) is 9.36 Å². The fraction of sp³-hybridized carbons (Fsp3) is 0.353. The summed E-state index contributed by atoms with van der Waals surface area (Å²) in [4.78, 5) is 14.0. The molecule has 25 heavy (non-hydrogen) atoms. The van der Waals surface area contributed by atoms with Crippen LogP contribution in [0.3, 0.4) is 0 Å². The molecule has 0 aliphatic carbocycles. The van der Waals surface area contributed by atoms with Crippen LogP contribution in [0.15, 0.2) is 44.5 Å². The van der Waals surface area contributed by atoms with Crippen molar-refractivity contribution in [1.82, 2.24) is 19.7 Å². The summed E-state index contributed by atoms with van der Waals surface area (Å²) in [6.07, 6.45) is 1.60. The van der Waals surface area contributed by atoms with Crippen LogP contribution >= 0.6 is 11.8 Å². The summed E-state index contributed by atoms with van der Waals surface area (Å²) >= 11 is 1.37. The van der Waals surface area contributed by atoms with Gasteiger partial charge in [-0.25, -0.2) is 0 Å². The molecule has 3 aromatic heterocycles. The minimum Gasteiger partial charge on any atom is -0.464 e. The number of aromatic nitrogens is 3. The fourth-order valence-electron chi connectivity index (χ4n) is 2.40. The summed E-state index contributed by atoms with van der Waals surface area (Å²) < 4.78 is 12.8. The number of amides is 1. The molecule has 0 fully saturated rings. The van der Waals surface area contributed by atoms with E-state index in [0.29, 0.717) is 29.8 Å². The Balaban J connectivity index is 1.62. The molecule has 7 nitrogen and oxygen atoms in total. The zero-order valence-corrected chi connectivity index (χ0v) is 15.2. The first-order valence-electron chi connectivity index (χ1n) is 7.97. The highest BCUT2D eigenvalue weighted by Gasteiger charge is 2.18. The van der Waals surface area contributed by atoms with E-state index in [0.717, 1.165) is 11.5 Å². The van der Waals surface area contributed by atoms with E-state index in [-0.39, 0.29) is 11.7 Å². The summed E-state index contributed by atoms with van der Waals surface area (Å²) in [7, 11) is 1.76. The van der Waals surface area contributed by atoms with E-state index in [1.165, 1.54) is 11.8 Å². The first-order valence-corrected chi connectivity index (χ1v) is 8.96. The Kier molecular flexibility index (Phi) is 5.28. The molecular formula is C17H20N4O3S. The van der Waals surface area contributed by atoms with Crippen LogP contribution in [-0.2, 0) is 17.9 Å². The zero-order chi connectivity index (χ0) is 17.8. The lowest BCUT2D eigenvalue weighted by Gasteiger charge is -2.15. The average molecular weight is 360 g/mol. The highest BCUT2D eigenvalue weighted by atomic mass is 32.2. The number of aryl methyl sites for hydroxylation is 1. The van der Waals surface area contributed by atoms with Gasteiger partial charge in [0.1, 0.15) is 11.5 Å². The van der Waals surface area contributed by atoms with Crippen LogP contribution in [0, 0.1) is 6.92 Å². The van der Waals surface area contributed by atoms with Gasteiger partial charge in [0.2, 0.25) is 5.91 Å². The molecule has 0 aliphatic heterocycles. The molecule has 0 spiro atoms. The highest BCUT2D eigenvalue weighted by molar-refractivity contribution is 7.99. The van der Waals surface area contributed by atoms with Crippen molar-refractivity contribution >= 4 is 17.7 Å². The van der Waals surface area contributed by atoms with Gasteiger partial charge < -0.3 is 13.7 Å². The lowest BCUT2D eigenvalue weighted by Crippen LogP contribution is -2.27. The lowest BCUT2D eigenvalue weighted by atomic mass is 10.4. The van der Waals surface area contributed by atoms with Gasteiger partial charge in [-0.05, 0) is 38.1 Å². The van der Waals surface area contributed by atoms with Crippen molar-refractivity contribution in [3.05, 3.63) is 42.0 Å². The molecular weight excluding hydrogens is 340 g/mol. The molecule has 3 heterocycles. The van der Waals surface area contributed by atoms with E-state index in [4.69, 9.17) is 8.83 Å². The predicted molar refractivity (Wildman–Crippen MR) is 94.0 cm³/mol. The Bertz CT molecular complexity index is 838. The monoisotopic (exact) mass is 360 g/mol. The molecule has 0 aliphatic rings. The van der Waals surface area contributed by atoms with Gasteiger partial charge in [0, 0.05) is 13.6 Å². The third-order valence-corrected chi connectivity index (χ3v) is 4.67. The quantitative estimate of drug-likeness (QED) is 0.602. The maximum absolute atomic E-state index is 12.4. The van der Waals surface area contributed by atoms with E-state index in [2.05, 4.69) is 10.2 Å². The van der Waals surface area contributed by atoms with Crippen LogP contribution in [0.1, 0.15) is 18.4 Å². The number of nitrogens with zero attached hydrogens (tertiary/aromatic N) is 4. The number of carbonyl (C=O) groups excluding carboxylic acids is 1. The normalized spacial score (nSPS) is 11.0. The smallest absolute Gasteiger partial charge is 0.233 e. The minimum absolute atomic E-state index is 0.00394. The summed E-state index contributed by atoms with van der Waals surface area (Å²) in [5.74, 6) is 3.23. The van der Waals surface area contributed by atoms with E-state index in [1.807, 2.05) is 42.7 Å². The molecule has 3 aromatic rings. The topological polar surface area (TPSA) is 77.3 Å². The third kappa shape index (κ3) is 3.96. The molecule has 0 saturated carbocycles. The van der Waals surface area contributed by atoms with Crippen molar-refractivity contribution in [3.63, 3.8) is 0 Å². The van der Waals surface area contributed by atoms with Crippen LogP contribution in [0.4, 0.5) is 0 Å². The molecule has 0 N–H and O–H groups in total. The van der Waals surface area contributed by atoms with Gasteiger partial charge in [0.25, 0.3) is 0 Å². The molecule has 0 unspecified atom stereocenters. The molecule has 0 radical (unpaired) electrons. The van der Waals surface area contributed by atoms with Gasteiger partial charge >= 0.3 is 0 Å². The van der Waals surface area contributed by atoms with Crippen molar-refractivity contribution in [1.29, 1.82) is 0 Å². The number of rotatable bonds is 7. The van der Waals surface area contributed by atoms with E-state index in [1.54, 1.807) is 18.2 Å². The minimum atomic E-state index is 0.00394. The average Bonchev–Trinajstić information content (AvgIpc) is 3.32. The lowest BCUT2D eigenvalue weighted by molar-refractivity contribution is -0.127. The van der Waals surface area contributed by atoms with Crippen molar-refractivity contribution in [2.24, 2.45) is 0 Å². The van der Waals surface area contributed by atoms with Crippen molar-refractivity contribution in [2.75, 3.05) is 12.8 Å². The van der Waals surface area contributed by atoms with E-state index < -0.39 is 0 Å². The number of hydrogen-bond acceptors (Lipinski definition) is 6. The Morgan fingerprint density at radius 1 is 1.32 bits per heavy atom. The standard InChI is InChI=1S/C17H20N4O3S/c1-4-21-16(14-6-5-9-23-14)18-19-17(21)25-11-15(22)20(3)10-13-8-7-12(2)24-13/h5-9H,4,10-11H2,1-3H3. The fourth-order valence-corrected chi connectivity index (χ4v) is 3.34. The van der Waals surface area contributed by atoms with Gasteiger partial charge in [-0.15, -0.1) is 10.2 Å². The number of thioether (sulfide) groups is 1. The van der Waals surface area contributed by atoms with Crippen LogP contribution in [0.25, 0.3) is 11.6 Å². The van der Waals surface area contributed by atoms with E-state index >= 15 is 0 Å². The second kappa shape index (κ2) is 7.60. The predicted octanol–water partition coefficient (Wildman–Crippen LogP) is 3.21. The summed E-state index contributed by atoms with van der Waals surface area (Å²) in [6.45, 7) is 5.04. The summed E-state index contributed by atoms with van der Waals surface area (Å²) in [6, 6.07) is 7.43. The Labute approximate surface area is 150 Å². The molecule has 0 bridgehead atoms. The first-order chi connectivity index (χ1) is 12.1. The Hall–Kier alpha value is -2.48. The molecule has 132 valence electrons. The van der Waals surface area contributed by atoms with Gasteiger partial charge in [0.15, 0.2) is 16.7 Å². The van der Waals surface area contributed by atoms with Crippen LogP contribution in [-0.4, -0.2) is 38.4 Å². The van der Waals surface area contributed by atoms with Crippen molar-refractivity contribution in [2.45, 2.75) is 32.1 Å². The Morgan fingerprint density at radius 2 is 2.16 bits per heavy atom. The Morgan fingerprint density at radius 3 is 2.80 bits per heavy atom. The van der Waals surface area contributed by atoms with Crippen LogP contribution < -0.4 is 0 Å². The highest BCUT2D eigenvalue weighted by Crippen LogP contribution is 2.24. The summed E-state index contributed by atoms with van der Waals surface area (Å²) in [5.41, 5.74) is 0. The van der Waals surface area contributed by atoms with Crippen LogP contribution in [0.5, 0.6) is 0 Å². The number of hydrogen-bond donors (Lipinski definition) is 0.